The van der Waals surface area contributed by atoms with Crippen LogP contribution in [0.1, 0.15) is 49.5 Å². The maximum atomic E-state index is 13.0. The normalized spacial score (nSPS) is 20.7. The van der Waals surface area contributed by atoms with Crippen molar-refractivity contribution in [1.82, 2.24) is 15.0 Å². The Hall–Kier alpha value is -2.18. The second-order valence-corrected chi connectivity index (χ2v) is 7.91. The first-order valence-corrected chi connectivity index (χ1v) is 9.56. The van der Waals surface area contributed by atoms with E-state index in [0.29, 0.717) is 37.7 Å². The number of hydrogen-bond donors (Lipinski definition) is 1. The van der Waals surface area contributed by atoms with Crippen molar-refractivity contribution in [3.05, 3.63) is 53.4 Å². The molecule has 1 atom stereocenters. The third-order valence-corrected chi connectivity index (χ3v) is 5.17. The van der Waals surface area contributed by atoms with Crippen molar-refractivity contribution in [2.75, 3.05) is 20.1 Å². The Morgan fingerprint density at radius 2 is 2.04 bits per heavy atom. The van der Waals surface area contributed by atoms with Gasteiger partial charge in [-0.25, -0.2) is 0 Å². The summed E-state index contributed by atoms with van der Waals surface area (Å²) in [6, 6.07) is 10.2. The molecule has 2 heterocycles. The SMILES string of the molecule is CC(C)c1ccc(CN2CCC[C@](O)(CN(C)Cc3ccno3)C2=O)cc1. The van der Waals surface area contributed by atoms with Crippen molar-refractivity contribution in [2.45, 2.75) is 51.3 Å². The van der Waals surface area contributed by atoms with Gasteiger partial charge in [-0.05, 0) is 36.9 Å². The van der Waals surface area contributed by atoms with Crippen molar-refractivity contribution in [2.24, 2.45) is 0 Å². The summed E-state index contributed by atoms with van der Waals surface area (Å²) in [5.74, 6) is 1.01. The first kappa shape index (κ1) is 19.6. The van der Waals surface area contributed by atoms with Crippen LogP contribution in [0, 0.1) is 0 Å². The molecule has 0 spiro atoms. The van der Waals surface area contributed by atoms with E-state index in [1.54, 1.807) is 17.2 Å². The lowest BCUT2D eigenvalue weighted by Crippen LogP contribution is -2.57. The molecule has 0 saturated carbocycles. The number of rotatable bonds is 7. The van der Waals surface area contributed by atoms with Gasteiger partial charge in [0.2, 0.25) is 0 Å². The minimum atomic E-state index is -1.36. The zero-order chi connectivity index (χ0) is 19.4. The van der Waals surface area contributed by atoms with Crippen LogP contribution in [0.2, 0.25) is 0 Å². The molecule has 146 valence electrons. The van der Waals surface area contributed by atoms with E-state index in [4.69, 9.17) is 4.52 Å². The third kappa shape index (κ3) is 4.76. The molecule has 2 aromatic rings. The molecule has 6 heteroatoms. The first-order chi connectivity index (χ1) is 12.9. The van der Waals surface area contributed by atoms with Gasteiger partial charge in [0.1, 0.15) is 0 Å². The monoisotopic (exact) mass is 371 g/mol. The average molecular weight is 371 g/mol. The summed E-state index contributed by atoms with van der Waals surface area (Å²) in [6.45, 7) is 6.32. The van der Waals surface area contributed by atoms with Crippen LogP contribution < -0.4 is 0 Å². The minimum absolute atomic E-state index is 0.189. The lowest BCUT2D eigenvalue weighted by Gasteiger charge is -2.40. The Labute approximate surface area is 160 Å². The van der Waals surface area contributed by atoms with Crippen LogP contribution in [-0.4, -0.2) is 51.7 Å². The highest BCUT2D eigenvalue weighted by molar-refractivity contribution is 5.86. The van der Waals surface area contributed by atoms with Crippen LogP contribution in [0.4, 0.5) is 0 Å². The third-order valence-electron chi connectivity index (χ3n) is 5.17. The molecule has 1 N–H and O–H groups in total. The molecular formula is C21H29N3O3. The number of aliphatic hydroxyl groups is 1. The number of nitrogens with zero attached hydrogens (tertiary/aromatic N) is 3. The Balaban J connectivity index is 1.63. The fourth-order valence-electron chi connectivity index (χ4n) is 3.68. The highest BCUT2D eigenvalue weighted by Gasteiger charge is 2.42. The number of carbonyl (C=O) groups is 1. The molecular weight excluding hydrogens is 342 g/mol. The highest BCUT2D eigenvalue weighted by Crippen LogP contribution is 2.26. The van der Waals surface area contributed by atoms with Crippen molar-refractivity contribution in [3.63, 3.8) is 0 Å². The minimum Gasteiger partial charge on any atom is -0.379 e. The maximum absolute atomic E-state index is 13.0. The van der Waals surface area contributed by atoms with Crippen molar-refractivity contribution >= 4 is 5.91 Å². The van der Waals surface area contributed by atoms with Gasteiger partial charge in [0.15, 0.2) is 11.4 Å². The van der Waals surface area contributed by atoms with Gasteiger partial charge in [-0.3, -0.25) is 9.69 Å². The summed E-state index contributed by atoms with van der Waals surface area (Å²) in [5.41, 5.74) is 1.02. The van der Waals surface area contributed by atoms with Gasteiger partial charge < -0.3 is 14.5 Å². The molecule has 0 bridgehead atoms. The van der Waals surface area contributed by atoms with Crippen molar-refractivity contribution in [1.29, 1.82) is 0 Å². The summed E-state index contributed by atoms with van der Waals surface area (Å²) in [6.07, 6.45) is 2.87. The Kier molecular flexibility index (Phi) is 5.97. The molecule has 0 radical (unpaired) electrons. The average Bonchev–Trinajstić information content (AvgIpc) is 3.12. The van der Waals surface area contributed by atoms with Crippen LogP contribution >= 0.6 is 0 Å². The smallest absolute Gasteiger partial charge is 0.256 e. The Morgan fingerprint density at radius 1 is 1.30 bits per heavy atom. The van der Waals surface area contributed by atoms with E-state index >= 15 is 0 Å². The van der Waals surface area contributed by atoms with E-state index in [2.05, 4.69) is 43.3 Å². The Bertz CT molecular complexity index is 743. The summed E-state index contributed by atoms with van der Waals surface area (Å²) in [5, 5.41) is 14.7. The number of amides is 1. The number of benzene rings is 1. The topological polar surface area (TPSA) is 69.8 Å². The van der Waals surface area contributed by atoms with Gasteiger partial charge >= 0.3 is 0 Å². The number of carbonyl (C=O) groups excluding carboxylic acids is 1. The highest BCUT2D eigenvalue weighted by atomic mass is 16.5. The van der Waals surface area contributed by atoms with Crippen LogP contribution in [-0.2, 0) is 17.9 Å². The second kappa shape index (κ2) is 8.23. The van der Waals surface area contributed by atoms with E-state index in [9.17, 15) is 9.90 Å². The summed E-state index contributed by atoms with van der Waals surface area (Å²) in [7, 11) is 1.87. The van der Waals surface area contributed by atoms with Gasteiger partial charge in [-0.2, -0.15) is 0 Å². The zero-order valence-corrected chi connectivity index (χ0v) is 16.4. The molecule has 1 aliphatic heterocycles. The second-order valence-electron chi connectivity index (χ2n) is 7.91. The number of hydrogen-bond acceptors (Lipinski definition) is 5. The van der Waals surface area contributed by atoms with E-state index in [-0.39, 0.29) is 12.5 Å². The van der Waals surface area contributed by atoms with Crippen LogP contribution in [0.5, 0.6) is 0 Å². The molecule has 6 nitrogen and oxygen atoms in total. The molecule has 1 aromatic carbocycles. The molecule has 0 unspecified atom stereocenters. The Morgan fingerprint density at radius 3 is 2.67 bits per heavy atom. The standard InChI is InChI=1S/C21H29N3O3/c1-16(2)18-7-5-17(6-8-18)13-24-12-4-10-21(26,20(24)25)15-23(3)14-19-9-11-22-27-19/h5-9,11,16,26H,4,10,12-15H2,1-3H3/t21-/m0/s1. The number of piperidine rings is 1. The van der Waals surface area contributed by atoms with Gasteiger partial charge in [-0.1, -0.05) is 43.3 Å². The largest absolute Gasteiger partial charge is 0.379 e. The van der Waals surface area contributed by atoms with E-state index in [1.165, 1.54) is 5.56 Å². The van der Waals surface area contributed by atoms with Crippen LogP contribution in [0.25, 0.3) is 0 Å². The van der Waals surface area contributed by atoms with E-state index < -0.39 is 5.60 Å². The molecule has 1 amide bonds. The summed E-state index contributed by atoms with van der Waals surface area (Å²) in [4.78, 5) is 16.7. The predicted molar refractivity (Wildman–Crippen MR) is 103 cm³/mol. The summed E-state index contributed by atoms with van der Waals surface area (Å²) >= 11 is 0. The number of likely N-dealkylation sites (N-methyl/N-ethyl adjacent to an activating group) is 1. The fraction of sp³-hybridized carbons (Fsp3) is 0.524. The van der Waals surface area contributed by atoms with Crippen molar-refractivity contribution in [3.8, 4) is 0 Å². The van der Waals surface area contributed by atoms with Crippen molar-refractivity contribution < 1.29 is 14.4 Å². The zero-order valence-electron chi connectivity index (χ0n) is 16.4. The van der Waals surface area contributed by atoms with Crippen LogP contribution in [0.15, 0.2) is 41.1 Å². The lowest BCUT2D eigenvalue weighted by molar-refractivity contribution is -0.160. The number of likely N-dealkylation sites (tertiary alicyclic amines) is 1. The molecule has 27 heavy (non-hydrogen) atoms. The molecule has 1 aliphatic rings. The summed E-state index contributed by atoms with van der Waals surface area (Å²) < 4.78 is 5.11. The molecule has 1 fully saturated rings. The van der Waals surface area contributed by atoms with Gasteiger partial charge in [-0.15, -0.1) is 0 Å². The van der Waals surface area contributed by atoms with Gasteiger partial charge in [0.25, 0.3) is 5.91 Å². The van der Waals surface area contributed by atoms with Gasteiger partial charge in [0, 0.05) is 25.7 Å². The molecule has 3 rings (SSSR count). The number of aromatic nitrogens is 1. The lowest BCUT2D eigenvalue weighted by atomic mass is 9.90. The predicted octanol–water partition coefficient (Wildman–Crippen LogP) is 2.78. The fourth-order valence-corrected chi connectivity index (χ4v) is 3.68. The van der Waals surface area contributed by atoms with Gasteiger partial charge in [0.05, 0.1) is 12.7 Å². The van der Waals surface area contributed by atoms with Crippen LogP contribution in [0.3, 0.4) is 0 Å². The molecule has 1 saturated heterocycles. The maximum Gasteiger partial charge on any atom is 0.256 e. The van der Waals surface area contributed by atoms with E-state index in [0.717, 1.165) is 12.0 Å². The molecule has 0 aliphatic carbocycles. The molecule has 1 aromatic heterocycles. The van der Waals surface area contributed by atoms with E-state index in [1.807, 2.05) is 11.9 Å². The quantitative estimate of drug-likeness (QED) is 0.810. The first-order valence-electron chi connectivity index (χ1n) is 9.56.